The Kier molecular flexibility index (Phi) is 8.00. The van der Waals surface area contributed by atoms with Crippen LogP contribution in [0, 0.1) is 0 Å². The second-order valence-corrected chi connectivity index (χ2v) is 16.1. The Morgan fingerprint density at radius 3 is 1.77 bits per heavy atom. The van der Waals surface area contributed by atoms with Crippen LogP contribution in [-0.2, 0) is 0 Å². The standard InChI is InChI=1S/C55H34N2O2S/c1-3-14-35(15-4-1)41-18-7-10-23-48(41)57(39-30-26-36(27-31-39)42-21-13-22-44-43-19-9-12-25-50(43)60-54(42)44)40-32-28-37(29-33-40)46-34-47-53(59-55(56-47)38-16-5-2-6-17-38)51-45-20-8-11-24-49(45)58-52(46)51/h1-34H. The van der Waals surface area contributed by atoms with Crippen LogP contribution in [0.5, 0.6) is 0 Å². The topological polar surface area (TPSA) is 42.4 Å². The zero-order valence-electron chi connectivity index (χ0n) is 32.2. The first-order valence-electron chi connectivity index (χ1n) is 20.1. The van der Waals surface area contributed by atoms with E-state index in [1.165, 1.54) is 31.3 Å². The highest BCUT2D eigenvalue weighted by atomic mass is 32.1. The van der Waals surface area contributed by atoms with Gasteiger partial charge in [0.1, 0.15) is 16.7 Å². The van der Waals surface area contributed by atoms with Crippen molar-refractivity contribution in [2.24, 2.45) is 0 Å². The van der Waals surface area contributed by atoms with Crippen molar-refractivity contribution >= 4 is 81.6 Å². The van der Waals surface area contributed by atoms with Crippen LogP contribution in [0.25, 0.3) is 98.0 Å². The first-order valence-corrected chi connectivity index (χ1v) is 20.9. The number of furan rings is 1. The van der Waals surface area contributed by atoms with Crippen molar-refractivity contribution in [3.05, 3.63) is 206 Å². The van der Waals surface area contributed by atoms with E-state index < -0.39 is 0 Å². The third-order valence-corrected chi connectivity index (χ3v) is 12.7. The highest BCUT2D eigenvalue weighted by Crippen LogP contribution is 2.46. The van der Waals surface area contributed by atoms with Gasteiger partial charge in [-0.15, -0.1) is 11.3 Å². The van der Waals surface area contributed by atoms with Crippen molar-refractivity contribution in [2.45, 2.75) is 0 Å². The van der Waals surface area contributed by atoms with Crippen LogP contribution in [0.15, 0.2) is 215 Å². The van der Waals surface area contributed by atoms with Gasteiger partial charge in [0.05, 0.1) is 11.1 Å². The molecule has 0 saturated heterocycles. The predicted molar refractivity (Wildman–Crippen MR) is 251 cm³/mol. The van der Waals surface area contributed by atoms with Gasteiger partial charge < -0.3 is 13.7 Å². The van der Waals surface area contributed by atoms with E-state index in [1.807, 2.05) is 59.9 Å². The van der Waals surface area contributed by atoms with Crippen molar-refractivity contribution in [1.29, 1.82) is 0 Å². The summed E-state index contributed by atoms with van der Waals surface area (Å²) in [5.74, 6) is 0.587. The van der Waals surface area contributed by atoms with Crippen LogP contribution in [0.3, 0.4) is 0 Å². The highest BCUT2D eigenvalue weighted by Gasteiger charge is 2.22. The third-order valence-electron chi connectivity index (χ3n) is 11.5. The Hall–Kier alpha value is -7.73. The van der Waals surface area contributed by atoms with Gasteiger partial charge in [-0.3, -0.25) is 0 Å². The number of para-hydroxylation sites is 2. The fraction of sp³-hybridized carbons (Fsp3) is 0. The second kappa shape index (κ2) is 14.0. The molecule has 0 fully saturated rings. The van der Waals surface area contributed by atoms with Gasteiger partial charge in [0.2, 0.25) is 5.89 Å². The van der Waals surface area contributed by atoms with E-state index in [0.717, 1.165) is 77.9 Å². The summed E-state index contributed by atoms with van der Waals surface area (Å²) in [6.45, 7) is 0. The van der Waals surface area contributed by atoms with Crippen molar-refractivity contribution < 1.29 is 8.83 Å². The lowest BCUT2D eigenvalue weighted by Gasteiger charge is -2.28. The second-order valence-electron chi connectivity index (χ2n) is 15.1. The van der Waals surface area contributed by atoms with E-state index in [1.54, 1.807) is 0 Å². The number of fused-ring (bicyclic) bond motifs is 8. The van der Waals surface area contributed by atoms with Crippen molar-refractivity contribution in [1.82, 2.24) is 4.98 Å². The molecule has 282 valence electrons. The minimum atomic E-state index is 0.587. The lowest BCUT2D eigenvalue weighted by molar-refractivity contribution is 0.622. The van der Waals surface area contributed by atoms with Crippen LogP contribution in [0.4, 0.5) is 17.1 Å². The fourth-order valence-electron chi connectivity index (χ4n) is 8.70. The number of nitrogens with zero attached hydrogens (tertiary/aromatic N) is 2. The maximum Gasteiger partial charge on any atom is 0.227 e. The molecular weight excluding hydrogens is 753 g/mol. The quantitative estimate of drug-likeness (QED) is 0.161. The summed E-state index contributed by atoms with van der Waals surface area (Å²) >= 11 is 1.86. The summed E-state index contributed by atoms with van der Waals surface area (Å²) in [5.41, 5.74) is 14.0. The number of hydrogen-bond acceptors (Lipinski definition) is 5. The molecular formula is C55H34N2O2S. The average molecular weight is 787 g/mol. The fourth-order valence-corrected chi connectivity index (χ4v) is 9.94. The SMILES string of the molecule is c1ccc(-c2nc3cc(-c4ccc(N(c5ccc(-c6cccc7c6sc6ccccc67)cc5)c5ccccc5-c5ccccc5)cc4)c4oc5ccccc5c4c3o2)cc1. The van der Waals surface area contributed by atoms with E-state index in [-0.39, 0.29) is 0 Å². The van der Waals surface area contributed by atoms with Gasteiger partial charge in [-0.25, -0.2) is 4.98 Å². The molecule has 5 heteroatoms. The highest BCUT2D eigenvalue weighted by molar-refractivity contribution is 7.26. The summed E-state index contributed by atoms with van der Waals surface area (Å²) in [5, 5.41) is 4.54. The lowest BCUT2D eigenvalue weighted by Crippen LogP contribution is -2.11. The summed E-state index contributed by atoms with van der Waals surface area (Å²) in [6, 6.07) is 72.7. The van der Waals surface area contributed by atoms with E-state index in [0.29, 0.717) is 5.89 Å². The van der Waals surface area contributed by atoms with Gasteiger partial charge >= 0.3 is 0 Å². The molecule has 0 aliphatic rings. The largest absolute Gasteiger partial charge is 0.455 e. The maximum absolute atomic E-state index is 6.64. The minimum Gasteiger partial charge on any atom is -0.455 e. The molecule has 4 nitrogen and oxygen atoms in total. The predicted octanol–water partition coefficient (Wildman–Crippen LogP) is 16.2. The molecule has 0 unspecified atom stereocenters. The zero-order chi connectivity index (χ0) is 39.6. The smallest absolute Gasteiger partial charge is 0.227 e. The van der Waals surface area contributed by atoms with Crippen LogP contribution in [0.2, 0.25) is 0 Å². The molecule has 12 aromatic rings. The van der Waals surface area contributed by atoms with Gasteiger partial charge in [0.15, 0.2) is 5.58 Å². The Balaban J connectivity index is 0.999. The summed E-state index contributed by atoms with van der Waals surface area (Å²) in [4.78, 5) is 7.37. The van der Waals surface area contributed by atoms with Crippen LogP contribution in [0.1, 0.15) is 0 Å². The molecule has 0 aliphatic heterocycles. The van der Waals surface area contributed by atoms with Crippen LogP contribution in [-0.4, -0.2) is 4.98 Å². The molecule has 0 radical (unpaired) electrons. The van der Waals surface area contributed by atoms with Crippen molar-refractivity contribution in [3.8, 4) is 44.8 Å². The van der Waals surface area contributed by atoms with E-state index >= 15 is 0 Å². The average Bonchev–Trinajstić information content (AvgIpc) is 4.04. The molecule has 60 heavy (non-hydrogen) atoms. The number of rotatable bonds is 7. The Labute approximate surface area is 349 Å². The Morgan fingerprint density at radius 2 is 1.00 bits per heavy atom. The molecule has 0 bridgehead atoms. The molecule has 3 heterocycles. The number of benzene rings is 9. The van der Waals surface area contributed by atoms with E-state index in [2.05, 4.69) is 163 Å². The van der Waals surface area contributed by atoms with Crippen molar-refractivity contribution in [2.75, 3.05) is 4.90 Å². The van der Waals surface area contributed by atoms with Crippen LogP contribution >= 0.6 is 11.3 Å². The molecule has 0 aliphatic carbocycles. The van der Waals surface area contributed by atoms with Crippen LogP contribution < -0.4 is 4.90 Å². The number of thiophene rings is 1. The van der Waals surface area contributed by atoms with Gasteiger partial charge in [-0.1, -0.05) is 146 Å². The Bertz CT molecular complexity index is 3530. The normalized spacial score (nSPS) is 11.7. The minimum absolute atomic E-state index is 0.587. The molecule has 0 N–H and O–H groups in total. The molecule has 3 aromatic heterocycles. The summed E-state index contributed by atoms with van der Waals surface area (Å²) in [6.07, 6.45) is 0. The van der Waals surface area contributed by atoms with Gasteiger partial charge in [-0.2, -0.15) is 0 Å². The van der Waals surface area contributed by atoms with Gasteiger partial charge in [0.25, 0.3) is 0 Å². The van der Waals surface area contributed by atoms with Gasteiger partial charge in [-0.05, 0) is 82.9 Å². The third kappa shape index (κ3) is 5.63. The van der Waals surface area contributed by atoms with Gasteiger partial charge in [0, 0.05) is 53.6 Å². The molecule has 0 amide bonds. The molecule has 0 spiro atoms. The number of oxazole rings is 1. The lowest BCUT2D eigenvalue weighted by atomic mass is 9.99. The zero-order valence-corrected chi connectivity index (χ0v) is 33.1. The number of anilines is 3. The van der Waals surface area contributed by atoms with Crippen molar-refractivity contribution in [3.63, 3.8) is 0 Å². The molecule has 9 aromatic carbocycles. The maximum atomic E-state index is 6.64. The Morgan fingerprint density at radius 1 is 0.417 bits per heavy atom. The van der Waals surface area contributed by atoms with E-state index in [9.17, 15) is 0 Å². The first-order chi connectivity index (χ1) is 29.7. The molecule has 0 atom stereocenters. The number of aromatic nitrogens is 1. The van der Waals surface area contributed by atoms with E-state index in [4.69, 9.17) is 13.8 Å². The summed E-state index contributed by atoms with van der Waals surface area (Å²) < 4.78 is 15.8. The summed E-state index contributed by atoms with van der Waals surface area (Å²) in [7, 11) is 0. The monoisotopic (exact) mass is 786 g/mol. The number of hydrogen-bond donors (Lipinski definition) is 0. The molecule has 12 rings (SSSR count). The first kappa shape index (κ1) is 34.3. The molecule has 0 saturated carbocycles.